The molecule has 0 bridgehead atoms. The number of aromatic nitrogens is 3. The van der Waals surface area contributed by atoms with E-state index in [0.717, 1.165) is 21.3 Å². The zero-order chi connectivity index (χ0) is 15.8. The van der Waals surface area contributed by atoms with Crippen molar-refractivity contribution < 1.29 is 4.39 Å². The standard InChI is InChI=1S/C17H12BrFN4/c18-13-3-1-2-12(8-13)16-9-15(11-4-6-14(19)7-5-11)22-17-20-10-21-23(16)17/h1-8,10,16H,9H2. The SMILES string of the molecule is Fc1ccc(C2=Nc3ncnn3C(c3cccc(Br)c3)C2)cc1. The third kappa shape index (κ3) is 2.70. The van der Waals surface area contributed by atoms with Gasteiger partial charge in [-0.3, -0.25) is 0 Å². The van der Waals surface area contributed by atoms with Crippen LogP contribution in [0.2, 0.25) is 0 Å². The number of rotatable bonds is 2. The first-order chi connectivity index (χ1) is 11.2. The van der Waals surface area contributed by atoms with E-state index in [0.29, 0.717) is 12.4 Å². The van der Waals surface area contributed by atoms with Crippen molar-refractivity contribution in [1.82, 2.24) is 14.8 Å². The van der Waals surface area contributed by atoms with Crippen LogP contribution in [-0.2, 0) is 0 Å². The molecule has 0 fully saturated rings. The Morgan fingerprint density at radius 1 is 1.13 bits per heavy atom. The number of benzene rings is 2. The molecule has 0 N–H and O–H groups in total. The molecule has 3 aromatic rings. The fourth-order valence-electron chi connectivity index (χ4n) is 2.78. The number of fused-ring (bicyclic) bond motifs is 1. The van der Waals surface area contributed by atoms with Crippen molar-refractivity contribution in [2.24, 2.45) is 4.99 Å². The maximum atomic E-state index is 13.2. The third-order valence-corrected chi connectivity index (χ3v) is 4.38. The highest BCUT2D eigenvalue weighted by molar-refractivity contribution is 9.10. The Bertz CT molecular complexity index is 886. The first kappa shape index (κ1) is 14.3. The summed E-state index contributed by atoms with van der Waals surface area (Å²) in [4.78, 5) is 8.80. The highest BCUT2D eigenvalue weighted by Gasteiger charge is 2.26. The van der Waals surface area contributed by atoms with Gasteiger partial charge in [-0.1, -0.05) is 40.2 Å². The maximum Gasteiger partial charge on any atom is 0.248 e. The highest BCUT2D eigenvalue weighted by Crippen LogP contribution is 2.33. The van der Waals surface area contributed by atoms with Crippen molar-refractivity contribution in [2.75, 3.05) is 0 Å². The van der Waals surface area contributed by atoms with Crippen molar-refractivity contribution in [3.63, 3.8) is 0 Å². The number of halogens is 2. The van der Waals surface area contributed by atoms with Gasteiger partial charge in [0.2, 0.25) is 5.95 Å². The maximum absolute atomic E-state index is 13.2. The van der Waals surface area contributed by atoms with Gasteiger partial charge in [0.15, 0.2) is 0 Å². The normalized spacial score (nSPS) is 16.8. The molecule has 6 heteroatoms. The van der Waals surface area contributed by atoms with E-state index in [4.69, 9.17) is 0 Å². The Morgan fingerprint density at radius 3 is 2.74 bits per heavy atom. The summed E-state index contributed by atoms with van der Waals surface area (Å²) < 4.78 is 16.0. The lowest BCUT2D eigenvalue weighted by Gasteiger charge is -2.24. The van der Waals surface area contributed by atoms with Crippen LogP contribution in [0.3, 0.4) is 0 Å². The zero-order valence-corrected chi connectivity index (χ0v) is 13.6. The minimum absolute atomic E-state index is 0.0163. The van der Waals surface area contributed by atoms with Gasteiger partial charge in [0.1, 0.15) is 12.1 Å². The largest absolute Gasteiger partial charge is 0.248 e. The molecule has 0 radical (unpaired) electrons. The van der Waals surface area contributed by atoms with E-state index in [1.54, 1.807) is 12.1 Å². The second kappa shape index (κ2) is 5.70. The lowest BCUT2D eigenvalue weighted by molar-refractivity contribution is 0.531. The van der Waals surface area contributed by atoms with Gasteiger partial charge in [0.25, 0.3) is 0 Å². The average molecular weight is 371 g/mol. The Kier molecular flexibility index (Phi) is 3.53. The smallest absolute Gasteiger partial charge is 0.222 e. The van der Waals surface area contributed by atoms with Gasteiger partial charge < -0.3 is 0 Å². The molecule has 0 amide bonds. The summed E-state index contributed by atoms with van der Waals surface area (Å²) in [6, 6.07) is 14.5. The minimum atomic E-state index is -0.253. The van der Waals surface area contributed by atoms with Crippen LogP contribution in [0.4, 0.5) is 10.3 Å². The van der Waals surface area contributed by atoms with Gasteiger partial charge in [-0.25, -0.2) is 14.1 Å². The molecule has 1 atom stereocenters. The van der Waals surface area contributed by atoms with Crippen LogP contribution < -0.4 is 0 Å². The molecule has 0 spiro atoms. The summed E-state index contributed by atoms with van der Waals surface area (Å²) in [6.45, 7) is 0. The van der Waals surface area contributed by atoms with E-state index < -0.39 is 0 Å². The Hall–Kier alpha value is -2.34. The predicted octanol–water partition coefficient (Wildman–Crippen LogP) is 4.29. The molecule has 1 aliphatic rings. The van der Waals surface area contributed by atoms with Crippen LogP contribution >= 0.6 is 15.9 Å². The Labute approximate surface area is 140 Å². The lowest BCUT2D eigenvalue weighted by atomic mass is 9.96. The summed E-state index contributed by atoms with van der Waals surface area (Å²) in [5.41, 5.74) is 2.91. The Balaban J connectivity index is 1.79. The van der Waals surface area contributed by atoms with Gasteiger partial charge in [0.05, 0.1) is 11.8 Å². The minimum Gasteiger partial charge on any atom is -0.222 e. The van der Waals surface area contributed by atoms with Crippen LogP contribution in [0.15, 0.2) is 64.3 Å². The van der Waals surface area contributed by atoms with Gasteiger partial charge in [0, 0.05) is 10.9 Å². The highest BCUT2D eigenvalue weighted by atomic mass is 79.9. The van der Waals surface area contributed by atoms with Crippen molar-refractivity contribution in [3.8, 4) is 0 Å². The number of hydrogen-bond donors (Lipinski definition) is 0. The molecule has 1 unspecified atom stereocenters. The number of aliphatic imine (C=N–C) groups is 1. The molecule has 1 aromatic heterocycles. The zero-order valence-electron chi connectivity index (χ0n) is 12.0. The molecular weight excluding hydrogens is 359 g/mol. The molecule has 1 aliphatic heterocycles. The summed E-state index contributed by atoms with van der Waals surface area (Å²) in [7, 11) is 0. The summed E-state index contributed by atoms with van der Waals surface area (Å²) in [5, 5.41) is 4.31. The van der Waals surface area contributed by atoms with Crippen molar-refractivity contribution in [1.29, 1.82) is 0 Å². The van der Waals surface area contributed by atoms with Crippen LogP contribution in [0, 0.1) is 5.82 Å². The molecule has 4 rings (SSSR count). The average Bonchev–Trinajstić information content (AvgIpc) is 3.03. The molecule has 114 valence electrons. The van der Waals surface area contributed by atoms with Crippen LogP contribution in [-0.4, -0.2) is 20.5 Å². The van der Waals surface area contributed by atoms with Crippen LogP contribution in [0.1, 0.15) is 23.6 Å². The van der Waals surface area contributed by atoms with Gasteiger partial charge in [-0.05, 0) is 35.4 Å². The van der Waals surface area contributed by atoms with E-state index in [9.17, 15) is 4.39 Å². The van der Waals surface area contributed by atoms with E-state index in [1.807, 2.05) is 16.8 Å². The molecule has 0 saturated heterocycles. The monoisotopic (exact) mass is 370 g/mol. The van der Waals surface area contributed by atoms with Crippen molar-refractivity contribution in [2.45, 2.75) is 12.5 Å². The third-order valence-electron chi connectivity index (χ3n) is 3.88. The first-order valence-electron chi connectivity index (χ1n) is 7.19. The summed E-state index contributed by atoms with van der Waals surface area (Å²) in [6.07, 6.45) is 2.19. The number of hydrogen-bond acceptors (Lipinski definition) is 3. The van der Waals surface area contributed by atoms with Crippen LogP contribution in [0.25, 0.3) is 0 Å². The molecule has 23 heavy (non-hydrogen) atoms. The van der Waals surface area contributed by atoms with E-state index in [1.165, 1.54) is 18.5 Å². The molecule has 4 nitrogen and oxygen atoms in total. The quantitative estimate of drug-likeness (QED) is 0.674. The second-order valence-corrected chi connectivity index (χ2v) is 6.26. The second-order valence-electron chi connectivity index (χ2n) is 5.34. The van der Waals surface area contributed by atoms with E-state index >= 15 is 0 Å². The topological polar surface area (TPSA) is 43.1 Å². The number of nitrogens with zero attached hydrogens (tertiary/aromatic N) is 4. The Morgan fingerprint density at radius 2 is 1.96 bits per heavy atom. The molecule has 2 aromatic carbocycles. The van der Waals surface area contributed by atoms with Crippen molar-refractivity contribution in [3.05, 3.63) is 76.3 Å². The van der Waals surface area contributed by atoms with Crippen LogP contribution in [0.5, 0.6) is 0 Å². The summed E-state index contributed by atoms with van der Waals surface area (Å²) in [5.74, 6) is 0.317. The van der Waals surface area contributed by atoms with Gasteiger partial charge >= 0.3 is 0 Å². The fourth-order valence-corrected chi connectivity index (χ4v) is 3.19. The molecular formula is C17H12BrFN4. The van der Waals surface area contributed by atoms with E-state index in [-0.39, 0.29) is 11.9 Å². The molecule has 0 saturated carbocycles. The molecule has 2 heterocycles. The molecule has 0 aliphatic carbocycles. The van der Waals surface area contributed by atoms with E-state index in [2.05, 4.69) is 43.1 Å². The predicted molar refractivity (Wildman–Crippen MR) is 89.5 cm³/mol. The first-order valence-corrected chi connectivity index (χ1v) is 7.98. The van der Waals surface area contributed by atoms with Gasteiger partial charge in [-0.2, -0.15) is 10.1 Å². The summed E-state index contributed by atoms with van der Waals surface area (Å²) >= 11 is 3.51. The lowest BCUT2D eigenvalue weighted by Crippen LogP contribution is -2.21. The fraction of sp³-hybridized carbons (Fsp3) is 0.118. The van der Waals surface area contributed by atoms with Gasteiger partial charge in [-0.15, -0.1) is 0 Å². The van der Waals surface area contributed by atoms with Crippen molar-refractivity contribution >= 4 is 27.6 Å².